The Morgan fingerprint density at radius 2 is 1.85 bits per heavy atom. The van der Waals surface area contributed by atoms with Gasteiger partial charge in [0.15, 0.2) is 0 Å². The number of ether oxygens (including phenoxy) is 1. The summed E-state index contributed by atoms with van der Waals surface area (Å²) in [4.78, 5) is 0.227. The van der Waals surface area contributed by atoms with Crippen molar-refractivity contribution < 1.29 is 13.5 Å². The Kier molecular flexibility index (Phi) is 5.32. The highest BCUT2D eigenvalue weighted by molar-refractivity contribution is 7.79. The third-order valence-electron chi connectivity index (χ3n) is 3.05. The van der Waals surface area contributed by atoms with Gasteiger partial charge in [0.1, 0.15) is 5.75 Å². The first-order valence-electron chi connectivity index (χ1n) is 6.54. The second-order valence-electron chi connectivity index (χ2n) is 4.57. The summed E-state index contributed by atoms with van der Waals surface area (Å²) >= 11 is -2.27. The number of hydrogen-bond acceptors (Lipinski definition) is 3. The Bertz CT molecular complexity index is 582. The van der Waals surface area contributed by atoms with Crippen LogP contribution in [0.2, 0.25) is 0 Å². The molecule has 1 atom stereocenters. The van der Waals surface area contributed by atoms with Crippen molar-refractivity contribution in [3.63, 3.8) is 0 Å². The Labute approximate surface area is 121 Å². The van der Waals surface area contributed by atoms with Gasteiger partial charge in [0, 0.05) is 0 Å². The number of para-hydroxylation sites is 1. The predicted molar refractivity (Wildman–Crippen MR) is 78.6 cm³/mol. The zero-order valence-corrected chi connectivity index (χ0v) is 12.2. The lowest BCUT2D eigenvalue weighted by Gasteiger charge is -2.15. The molecule has 0 amide bonds. The molecule has 0 aliphatic rings. The average Bonchev–Trinajstić information content (AvgIpc) is 2.45. The van der Waals surface area contributed by atoms with Gasteiger partial charge in [-0.05, 0) is 48.0 Å². The van der Waals surface area contributed by atoms with Crippen molar-refractivity contribution in [1.29, 1.82) is 0 Å². The molecule has 0 saturated carbocycles. The molecule has 2 rings (SSSR count). The van der Waals surface area contributed by atoms with E-state index in [1.807, 2.05) is 31.2 Å². The summed E-state index contributed by atoms with van der Waals surface area (Å²) in [5, 5.41) is 0. The Morgan fingerprint density at radius 1 is 1.10 bits per heavy atom. The van der Waals surface area contributed by atoms with E-state index in [1.54, 1.807) is 12.1 Å². The van der Waals surface area contributed by atoms with Gasteiger partial charge in [0.2, 0.25) is 0 Å². The maximum atomic E-state index is 11.1. The normalized spacial score (nSPS) is 12.1. The SMILES string of the molecule is Cc1cccc(S(=O)[O-])c1OCCCc1ccccc1. The molecular formula is C16H17O3S-. The molecule has 20 heavy (non-hydrogen) atoms. The van der Waals surface area contributed by atoms with Crippen molar-refractivity contribution in [3.05, 3.63) is 59.7 Å². The molecule has 0 bridgehead atoms. The van der Waals surface area contributed by atoms with Gasteiger partial charge in [-0.25, -0.2) is 0 Å². The van der Waals surface area contributed by atoms with Crippen LogP contribution in [0.15, 0.2) is 53.4 Å². The van der Waals surface area contributed by atoms with Crippen LogP contribution in [-0.4, -0.2) is 15.4 Å². The van der Waals surface area contributed by atoms with Crippen LogP contribution in [0, 0.1) is 6.92 Å². The van der Waals surface area contributed by atoms with Crippen LogP contribution < -0.4 is 4.74 Å². The zero-order valence-electron chi connectivity index (χ0n) is 11.4. The minimum Gasteiger partial charge on any atom is -0.768 e. The van der Waals surface area contributed by atoms with E-state index in [4.69, 9.17) is 4.74 Å². The molecule has 0 saturated heterocycles. The second-order valence-corrected chi connectivity index (χ2v) is 5.48. The molecule has 0 fully saturated rings. The highest BCUT2D eigenvalue weighted by Crippen LogP contribution is 2.26. The van der Waals surface area contributed by atoms with E-state index in [2.05, 4.69) is 12.1 Å². The summed E-state index contributed by atoms with van der Waals surface area (Å²) in [7, 11) is 0. The van der Waals surface area contributed by atoms with E-state index in [-0.39, 0.29) is 4.90 Å². The van der Waals surface area contributed by atoms with E-state index in [0.29, 0.717) is 12.4 Å². The number of hydrogen-bond donors (Lipinski definition) is 0. The summed E-state index contributed by atoms with van der Waals surface area (Å²) in [5.41, 5.74) is 2.10. The van der Waals surface area contributed by atoms with Gasteiger partial charge in [-0.15, -0.1) is 0 Å². The molecule has 0 aromatic heterocycles. The number of rotatable bonds is 6. The van der Waals surface area contributed by atoms with Gasteiger partial charge < -0.3 is 9.29 Å². The number of aryl methyl sites for hydroxylation is 2. The Morgan fingerprint density at radius 3 is 2.55 bits per heavy atom. The first-order valence-corrected chi connectivity index (χ1v) is 7.61. The van der Waals surface area contributed by atoms with Crippen LogP contribution in [0.4, 0.5) is 0 Å². The molecule has 2 aromatic rings. The average molecular weight is 289 g/mol. The van der Waals surface area contributed by atoms with E-state index < -0.39 is 11.1 Å². The third kappa shape index (κ3) is 3.92. The molecule has 1 unspecified atom stereocenters. The highest BCUT2D eigenvalue weighted by Gasteiger charge is 2.07. The predicted octanol–water partition coefficient (Wildman–Crippen LogP) is 3.24. The molecule has 0 aliphatic heterocycles. The maximum absolute atomic E-state index is 11.1. The summed E-state index contributed by atoms with van der Waals surface area (Å²) in [5.74, 6) is 0.467. The first kappa shape index (κ1) is 14.8. The van der Waals surface area contributed by atoms with Gasteiger partial charge >= 0.3 is 0 Å². The van der Waals surface area contributed by atoms with Crippen molar-refractivity contribution in [2.75, 3.05) is 6.61 Å². The molecule has 0 heterocycles. The van der Waals surface area contributed by atoms with Crippen molar-refractivity contribution in [3.8, 4) is 5.75 Å². The molecule has 0 aliphatic carbocycles. The first-order chi connectivity index (χ1) is 9.68. The highest BCUT2D eigenvalue weighted by atomic mass is 32.2. The van der Waals surface area contributed by atoms with Crippen molar-refractivity contribution in [2.24, 2.45) is 0 Å². The van der Waals surface area contributed by atoms with E-state index in [1.165, 1.54) is 5.56 Å². The van der Waals surface area contributed by atoms with Crippen molar-refractivity contribution in [1.82, 2.24) is 0 Å². The maximum Gasteiger partial charge on any atom is 0.137 e. The topological polar surface area (TPSA) is 49.4 Å². The van der Waals surface area contributed by atoms with Gasteiger partial charge in [-0.3, -0.25) is 4.21 Å². The van der Waals surface area contributed by atoms with E-state index in [0.717, 1.165) is 18.4 Å². The number of benzene rings is 2. The molecule has 0 radical (unpaired) electrons. The fourth-order valence-corrected chi connectivity index (χ4v) is 2.60. The van der Waals surface area contributed by atoms with Crippen LogP contribution >= 0.6 is 0 Å². The third-order valence-corrected chi connectivity index (χ3v) is 3.73. The summed E-state index contributed by atoms with van der Waals surface area (Å²) in [6.07, 6.45) is 1.77. The van der Waals surface area contributed by atoms with Gasteiger partial charge in [0.05, 0.1) is 11.5 Å². The lowest BCUT2D eigenvalue weighted by Crippen LogP contribution is -2.04. The fraction of sp³-hybridized carbons (Fsp3) is 0.250. The van der Waals surface area contributed by atoms with Crippen LogP contribution in [0.25, 0.3) is 0 Å². The largest absolute Gasteiger partial charge is 0.768 e. The minimum atomic E-state index is -2.27. The summed E-state index contributed by atoms with van der Waals surface area (Å²) in [6.45, 7) is 2.35. The Hall–Kier alpha value is -1.65. The molecule has 3 nitrogen and oxygen atoms in total. The fourth-order valence-electron chi connectivity index (χ4n) is 2.04. The van der Waals surface area contributed by atoms with E-state index >= 15 is 0 Å². The van der Waals surface area contributed by atoms with Crippen molar-refractivity contribution in [2.45, 2.75) is 24.7 Å². The minimum absolute atomic E-state index is 0.227. The summed E-state index contributed by atoms with van der Waals surface area (Å²) in [6, 6.07) is 15.3. The van der Waals surface area contributed by atoms with E-state index in [9.17, 15) is 8.76 Å². The molecular weight excluding hydrogens is 272 g/mol. The second kappa shape index (κ2) is 7.22. The van der Waals surface area contributed by atoms with Gasteiger partial charge in [0.25, 0.3) is 0 Å². The monoisotopic (exact) mass is 289 g/mol. The van der Waals surface area contributed by atoms with Crippen LogP contribution in [0.3, 0.4) is 0 Å². The zero-order chi connectivity index (χ0) is 14.4. The lowest BCUT2D eigenvalue weighted by molar-refractivity contribution is 0.300. The van der Waals surface area contributed by atoms with Gasteiger partial charge in [-0.2, -0.15) is 0 Å². The standard InChI is InChI=1S/C16H18O3S/c1-13-7-5-11-15(20(17)18)16(13)19-12-6-10-14-8-3-2-4-9-14/h2-5,7-9,11H,6,10,12H2,1H3,(H,17,18)/p-1. The quantitative estimate of drug-likeness (QED) is 0.606. The van der Waals surface area contributed by atoms with Crippen molar-refractivity contribution >= 4 is 11.1 Å². The Balaban J connectivity index is 1.93. The van der Waals surface area contributed by atoms with Crippen LogP contribution in [-0.2, 0) is 17.5 Å². The molecule has 4 heteroatoms. The summed E-state index contributed by atoms with van der Waals surface area (Å²) < 4.78 is 28.0. The lowest BCUT2D eigenvalue weighted by atomic mass is 10.1. The molecule has 2 aromatic carbocycles. The van der Waals surface area contributed by atoms with Gasteiger partial charge in [-0.1, -0.05) is 42.5 Å². The van der Waals surface area contributed by atoms with Crippen LogP contribution in [0.1, 0.15) is 17.5 Å². The molecule has 0 N–H and O–H groups in total. The van der Waals surface area contributed by atoms with Crippen LogP contribution in [0.5, 0.6) is 5.75 Å². The smallest absolute Gasteiger partial charge is 0.137 e. The molecule has 106 valence electrons. The molecule has 0 spiro atoms.